The normalized spacial score (nSPS) is 19.0. The number of carbonyl (C=O) groups is 2. The minimum atomic E-state index is -4.58. The van der Waals surface area contributed by atoms with Gasteiger partial charge < -0.3 is 20.8 Å². The summed E-state index contributed by atoms with van der Waals surface area (Å²) in [5.41, 5.74) is 3.96. The standard InChI is InChI=1S/C28H30F3N3O4/c1-14(2)23(32)26(37)38-27(3,4)22-13-19(25(36)34-22)15-9-10-16-12-21(33-24(35)18(16)11-15)17-7-5-6-8-20(17)28(29,30)31/h5-12,14,19,22-23H,13,32H2,1-4H3,(H,33,35)(H,34,36)/t19-,22?,23-/m0/s1. The van der Waals surface area contributed by atoms with Gasteiger partial charge in [-0.15, -0.1) is 0 Å². The van der Waals surface area contributed by atoms with Crippen LogP contribution in [0.2, 0.25) is 0 Å². The Hall–Kier alpha value is -3.66. The Kier molecular flexibility index (Phi) is 7.13. The third kappa shape index (κ3) is 5.31. The van der Waals surface area contributed by atoms with Crippen molar-refractivity contribution in [2.45, 2.75) is 63.9 Å². The molecule has 4 N–H and O–H groups in total. The van der Waals surface area contributed by atoms with Crippen molar-refractivity contribution in [1.82, 2.24) is 10.3 Å². The number of aromatic nitrogens is 1. The molecule has 1 aliphatic rings. The number of nitrogens with two attached hydrogens (primary N) is 1. The number of benzene rings is 2. The first kappa shape index (κ1) is 27.4. The lowest BCUT2D eigenvalue weighted by molar-refractivity contribution is -0.162. The Bertz CT molecular complexity index is 1450. The van der Waals surface area contributed by atoms with E-state index in [0.717, 1.165) is 6.07 Å². The monoisotopic (exact) mass is 529 g/mol. The zero-order valence-electron chi connectivity index (χ0n) is 21.5. The predicted molar refractivity (Wildman–Crippen MR) is 137 cm³/mol. The molecule has 0 bridgehead atoms. The summed E-state index contributed by atoms with van der Waals surface area (Å²) in [7, 11) is 0. The molecule has 10 heteroatoms. The molecule has 2 heterocycles. The van der Waals surface area contributed by atoms with Crippen LogP contribution in [0, 0.1) is 5.92 Å². The van der Waals surface area contributed by atoms with E-state index in [0.29, 0.717) is 17.4 Å². The van der Waals surface area contributed by atoms with Crippen molar-refractivity contribution < 1.29 is 27.5 Å². The molecule has 1 saturated heterocycles. The van der Waals surface area contributed by atoms with Gasteiger partial charge in [0, 0.05) is 16.6 Å². The number of halogens is 3. The third-order valence-electron chi connectivity index (χ3n) is 7.09. The van der Waals surface area contributed by atoms with Gasteiger partial charge in [-0.25, -0.2) is 0 Å². The van der Waals surface area contributed by atoms with Crippen molar-refractivity contribution in [3.8, 4) is 11.3 Å². The number of carbonyl (C=O) groups excluding carboxylic acids is 2. The van der Waals surface area contributed by atoms with E-state index in [1.807, 2.05) is 13.8 Å². The summed E-state index contributed by atoms with van der Waals surface area (Å²) in [4.78, 5) is 40.8. The Labute approximate surface area is 217 Å². The summed E-state index contributed by atoms with van der Waals surface area (Å²) in [6, 6.07) is 10.1. The summed E-state index contributed by atoms with van der Waals surface area (Å²) in [6.45, 7) is 7.03. The SMILES string of the molecule is CC(C)[C@H](N)C(=O)OC(C)(C)C1C[C@@H](c2ccc3cc(-c4ccccc4C(F)(F)F)[nH]c(=O)c3c2)C(=O)N1. The Morgan fingerprint density at radius 1 is 1.08 bits per heavy atom. The lowest BCUT2D eigenvalue weighted by Gasteiger charge is -2.32. The van der Waals surface area contributed by atoms with Crippen molar-refractivity contribution in [1.29, 1.82) is 0 Å². The molecule has 1 fully saturated rings. The summed E-state index contributed by atoms with van der Waals surface area (Å²) in [5.74, 6) is -1.55. The number of ether oxygens (including phenoxy) is 1. The predicted octanol–water partition coefficient (Wildman–Crippen LogP) is 4.49. The van der Waals surface area contributed by atoms with Crippen LogP contribution in [0.3, 0.4) is 0 Å². The number of esters is 1. The average Bonchev–Trinajstić information content (AvgIpc) is 3.25. The van der Waals surface area contributed by atoms with Gasteiger partial charge in [0.2, 0.25) is 5.91 Å². The maximum atomic E-state index is 13.5. The van der Waals surface area contributed by atoms with Crippen molar-refractivity contribution in [2.75, 3.05) is 0 Å². The molecule has 0 saturated carbocycles. The molecule has 4 rings (SSSR count). The molecule has 3 aromatic rings. The van der Waals surface area contributed by atoms with E-state index in [4.69, 9.17) is 10.5 Å². The van der Waals surface area contributed by atoms with E-state index in [-0.39, 0.29) is 28.5 Å². The third-order valence-corrected chi connectivity index (χ3v) is 7.09. The van der Waals surface area contributed by atoms with Gasteiger partial charge in [-0.1, -0.05) is 44.2 Å². The highest BCUT2D eigenvalue weighted by atomic mass is 19.4. The minimum absolute atomic E-state index is 0.0463. The average molecular weight is 530 g/mol. The van der Waals surface area contributed by atoms with E-state index in [1.54, 1.807) is 32.0 Å². The number of amides is 1. The molecule has 1 amide bonds. The number of alkyl halides is 3. The molecule has 2 aromatic carbocycles. The largest absolute Gasteiger partial charge is 0.456 e. The summed E-state index contributed by atoms with van der Waals surface area (Å²) in [6.07, 6.45) is -4.27. The molecular formula is C28H30F3N3O4. The van der Waals surface area contributed by atoms with Gasteiger partial charge in [-0.05, 0) is 55.3 Å². The molecule has 38 heavy (non-hydrogen) atoms. The van der Waals surface area contributed by atoms with Crippen molar-refractivity contribution >= 4 is 22.6 Å². The van der Waals surface area contributed by atoms with E-state index in [1.165, 1.54) is 24.3 Å². The maximum absolute atomic E-state index is 13.5. The number of hydrogen-bond acceptors (Lipinski definition) is 5. The van der Waals surface area contributed by atoms with Crippen LogP contribution in [0.4, 0.5) is 13.2 Å². The quantitative estimate of drug-likeness (QED) is 0.407. The van der Waals surface area contributed by atoms with Crippen LogP contribution in [0.25, 0.3) is 22.0 Å². The fraction of sp³-hybridized carbons (Fsp3) is 0.393. The van der Waals surface area contributed by atoms with E-state index in [9.17, 15) is 27.6 Å². The lowest BCUT2D eigenvalue weighted by atomic mass is 9.89. The number of fused-ring (bicyclic) bond motifs is 1. The van der Waals surface area contributed by atoms with E-state index in [2.05, 4.69) is 10.3 Å². The molecule has 202 valence electrons. The van der Waals surface area contributed by atoms with Crippen LogP contribution in [0.5, 0.6) is 0 Å². The van der Waals surface area contributed by atoms with Crippen LogP contribution < -0.4 is 16.6 Å². The Balaban J connectivity index is 1.62. The van der Waals surface area contributed by atoms with Gasteiger partial charge in [0.25, 0.3) is 5.56 Å². The highest BCUT2D eigenvalue weighted by molar-refractivity contribution is 5.90. The fourth-order valence-corrected chi connectivity index (χ4v) is 4.69. The topological polar surface area (TPSA) is 114 Å². The Morgan fingerprint density at radius 3 is 2.42 bits per heavy atom. The first-order valence-corrected chi connectivity index (χ1v) is 12.3. The molecule has 0 spiro atoms. The van der Waals surface area contributed by atoms with Crippen molar-refractivity contribution in [3.05, 3.63) is 70.0 Å². The van der Waals surface area contributed by atoms with Crippen LogP contribution >= 0.6 is 0 Å². The zero-order valence-corrected chi connectivity index (χ0v) is 21.5. The second kappa shape index (κ2) is 9.90. The molecule has 1 aliphatic heterocycles. The molecule has 0 radical (unpaired) electrons. The second-order valence-electron chi connectivity index (χ2n) is 10.5. The van der Waals surface area contributed by atoms with E-state index < -0.39 is 46.9 Å². The highest BCUT2D eigenvalue weighted by Crippen LogP contribution is 2.37. The second-order valence-corrected chi connectivity index (χ2v) is 10.5. The maximum Gasteiger partial charge on any atom is 0.417 e. The molecule has 1 unspecified atom stereocenters. The number of aromatic amines is 1. The lowest BCUT2D eigenvalue weighted by Crippen LogP contribution is -2.50. The fourth-order valence-electron chi connectivity index (χ4n) is 4.69. The first-order valence-electron chi connectivity index (χ1n) is 12.3. The molecule has 1 aromatic heterocycles. The van der Waals surface area contributed by atoms with Crippen LogP contribution in [-0.4, -0.2) is 34.5 Å². The zero-order chi connectivity index (χ0) is 28.0. The van der Waals surface area contributed by atoms with Gasteiger partial charge in [-0.2, -0.15) is 13.2 Å². The number of nitrogens with one attached hydrogen (secondary N) is 2. The van der Waals surface area contributed by atoms with Gasteiger partial charge in [0.1, 0.15) is 11.6 Å². The van der Waals surface area contributed by atoms with Crippen LogP contribution in [0.15, 0.2) is 53.3 Å². The summed E-state index contributed by atoms with van der Waals surface area (Å²) < 4.78 is 46.2. The van der Waals surface area contributed by atoms with Gasteiger partial charge >= 0.3 is 12.1 Å². The van der Waals surface area contributed by atoms with Crippen molar-refractivity contribution in [3.63, 3.8) is 0 Å². The highest BCUT2D eigenvalue weighted by Gasteiger charge is 2.44. The first-order chi connectivity index (χ1) is 17.7. The summed E-state index contributed by atoms with van der Waals surface area (Å²) in [5, 5.41) is 3.57. The number of hydrogen-bond donors (Lipinski definition) is 3. The van der Waals surface area contributed by atoms with Crippen molar-refractivity contribution in [2.24, 2.45) is 11.7 Å². The van der Waals surface area contributed by atoms with Crippen LogP contribution in [0.1, 0.15) is 51.2 Å². The molecule has 7 nitrogen and oxygen atoms in total. The smallest absolute Gasteiger partial charge is 0.417 e. The van der Waals surface area contributed by atoms with Gasteiger partial charge in [0.05, 0.1) is 17.5 Å². The molecular weight excluding hydrogens is 499 g/mol. The van der Waals surface area contributed by atoms with E-state index >= 15 is 0 Å². The van der Waals surface area contributed by atoms with Crippen LogP contribution in [-0.2, 0) is 20.5 Å². The molecule has 0 aliphatic carbocycles. The number of rotatable bonds is 6. The number of H-pyrrole nitrogens is 1. The minimum Gasteiger partial charge on any atom is -0.456 e. The molecule has 3 atom stereocenters. The Morgan fingerprint density at radius 2 is 1.76 bits per heavy atom. The summed E-state index contributed by atoms with van der Waals surface area (Å²) >= 11 is 0. The van der Waals surface area contributed by atoms with Gasteiger partial charge in [-0.3, -0.25) is 14.4 Å². The van der Waals surface area contributed by atoms with Gasteiger partial charge in [0.15, 0.2) is 0 Å². The number of pyridine rings is 1.